The van der Waals surface area contributed by atoms with Crippen molar-refractivity contribution in [1.29, 1.82) is 0 Å². The van der Waals surface area contributed by atoms with Crippen LogP contribution in [0.25, 0.3) is 11.3 Å². The van der Waals surface area contributed by atoms with Crippen LogP contribution in [0.2, 0.25) is 0 Å². The first-order valence-corrected chi connectivity index (χ1v) is 13.7. The van der Waals surface area contributed by atoms with Gasteiger partial charge in [0.2, 0.25) is 15.9 Å². The molecule has 1 heterocycles. The number of carbonyl (C=O) groups is 1. The van der Waals surface area contributed by atoms with Gasteiger partial charge in [0.1, 0.15) is 5.82 Å². The van der Waals surface area contributed by atoms with Crippen LogP contribution in [-0.2, 0) is 14.8 Å². The number of hydrogen-bond donors (Lipinski definition) is 2. The van der Waals surface area contributed by atoms with Gasteiger partial charge < -0.3 is 5.32 Å². The molecule has 1 saturated carbocycles. The average Bonchev–Trinajstić information content (AvgIpc) is 3.26. The molecule has 3 aromatic rings. The molecule has 1 aliphatic rings. The van der Waals surface area contributed by atoms with Gasteiger partial charge in [-0.1, -0.05) is 24.3 Å². The summed E-state index contributed by atoms with van der Waals surface area (Å²) < 4.78 is 41.6. The summed E-state index contributed by atoms with van der Waals surface area (Å²) in [6.45, 7) is 3.80. The summed E-state index contributed by atoms with van der Waals surface area (Å²) in [5, 5.41) is 5.90. The second-order valence-corrected chi connectivity index (χ2v) is 11.5. The Bertz CT molecular complexity index is 1230. The first-order chi connectivity index (χ1) is 16.2. The zero-order valence-electron chi connectivity index (χ0n) is 19.1. The minimum Gasteiger partial charge on any atom is -0.349 e. The molecule has 0 spiro atoms. The molecule has 34 heavy (non-hydrogen) atoms. The van der Waals surface area contributed by atoms with Crippen LogP contribution in [-0.4, -0.2) is 25.4 Å². The van der Waals surface area contributed by atoms with Crippen molar-refractivity contribution in [2.75, 3.05) is 0 Å². The third-order valence-corrected chi connectivity index (χ3v) is 8.54. The third-order valence-electron chi connectivity index (χ3n) is 6.23. The minimum absolute atomic E-state index is 0.0500. The second-order valence-electron chi connectivity index (χ2n) is 8.73. The van der Waals surface area contributed by atoms with Gasteiger partial charge in [0.05, 0.1) is 21.6 Å². The summed E-state index contributed by atoms with van der Waals surface area (Å²) in [5.41, 5.74) is 2.56. The van der Waals surface area contributed by atoms with Crippen molar-refractivity contribution in [3.05, 3.63) is 70.3 Å². The number of nitrogens with one attached hydrogen (secondary N) is 2. The Morgan fingerprint density at radius 3 is 2.29 bits per heavy atom. The van der Waals surface area contributed by atoms with E-state index in [1.54, 1.807) is 47.7 Å². The molecule has 4 rings (SSSR count). The first kappa shape index (κ1) is 24.5. The Kier molecular flexibility index (Phi) is 7.45. The second kappa shape index (κ2) is 10.3. The number of sulfonamides is 1. The Labute approximate surface area is 203 Å². The molecular weight excluding hydrogens is 473 g/mol. The zero-order chi connectivity index (χ0) is 24.3. The van der Waals surface area contributed by atoms with Gasteiger partial charge in [0, 0.05) is 22.9 Å². The predicted octanol–water partition coefficient (Wildman–Crippen LogP) is 4.97. The number of rotatable bonds is 7. The summed E-state index contributed by atoms with van der Waals surface area (Å²) in [6.07, 6.45) is 2.41. The van der Waals surface area contributed by atoms with Gasteiger partial charge in [-0.05, 0) is 69.4 Å². The summed E-state index contributed by atoms with van der Waals surface area (Å²) in [6, 6.07) is 12.4. The molecule has 6 nitrogen and oxygen atoms in total. The molecule has 1 amide bonds. The van der Waals surface area contributed by atoms with Gasteiger partial charge in [-0.25, -0.2) is 22.5 Å². The van der Waals surface area contributed by atoms with E-state index in [2.05, 4.69) is 15.0 Å². The lowest BCUT2D eigenvalue weighted by atomic mass is 9.85. The number of benzene rings is 2. The lowest BCUT2D eigenvalue weighted by molar-refractivity contribution is -0.126. The maximum atomic E-state index is 13.1. The maximum absolute atomic E-state index is 13.1. The van der Waals surface area contributed by atoms with Gasteiger partial charge in [0.15, 0.2) is 0 Å². The van der Waals surface area contributed by atoms with Crippen LogP contribution >= 0.6 is 11.3 Å². The quantitative estimate of drug-likeness (QED) is 0.478. The van der Waals surface area contributed by atoms with Gasteiger partial charge in [-0.3, -0.25) is 4.79 Å². The number of aryl methyl sites for hydroxylation is 1. The van der Waals surface area contributed by atoms with Crippen molar-refractivity contribution in [2.45, 2.75) is 56.5 Å². The van der Waals surface area contributed by atoms with Crippen LogP contribution in [0, 0.1) is 18.7 Å². The highest BCUT2D eigenvalue weighted by molar-refractivity contribution is 7.89. The van der Waals surface area contributed by atoms with E-state index in [0.717, 1.165) is 21.8 Å². The normalized spacial score (nSPS) is 19.5. The van der Waals surface area contributed by atoms with Crippen molar-refractivity contribution in [3.8, 4) is 11.3 Å². The Morgan fingerprint density at radius 2 is 1.71 bits per heavy atom. The molecule has 0 radical (unpaired) electrons. The Hall–Kier alpha value is -2.62. The van der Waals surface area contributed by atoms with Crippen LogP contribution in [0.3, 0.4) is 0 Å². The smallest absolute Gasteiger partial charge is 0.240 e. The number of hydrogen-bond acceptors (Lipinski definition) is 5. The summed E-state index contributed by atoms with van der Waals surface area (Å²) in [5.74, 6) is -0.524. The molecule has 2 aromatic carbocycles. The van der Waals surface area contributed by atoms with Crippen molar-refractivity contribution >= 4 is 27.3 Å². The van der Waals surface area contributed by atoms with E-state index in [9.17, 15) is 17.6 Å². The monoisotopic (exact) mass is 501 g/mol. The fourth-order valence-electron chi connectivity index (χ4n) is 4.23. The molecular formula is C25H28FN3O3S2. The van der Waals surface area contributed by atoms with Crippen LogP contribution in [0.15, 0.2) is 58.8 Å². The van der Waals surface area contributed by atoms with E-state index < -0.39 is 10.0 Å². The number of aromatic nitrogens is 1. The lowest BCUT2D eigenvalue weighted by Gasteiger charge is -2.29. The number of carbonyl (C=O) groups excluding carboxylic acids is 1. The predicted molar refractivity (Wildman–Crippen MR) is 131 cm³/mol. The molecule has 1 aromatic heterocycles. The van der Waals surface area contributed by atoms with E-state index in [-0.39, 0.29) is 34.6 Å². The van der Waals surface area contributed by atoms with E-state index in [0.29, 0.717) is 25.7 Å². The zero-order valence-corrected chi connectivity index (χ0v) is 20.8. The molecule has 1 atom stereocenters. The van der Waals surface area contributed by atoms with Crippen LogP contribution in [0.4, 0.5) is 4.39 Å². The van der Waals surface area contributed by atoms with Crippen LogP contribution < -0.4 is 10.0 Å². The number of thiazole rings is 1. The van der Waals surface area contributed by atoms with Gasteiger partial charge >= 0.3 is 0 Å². The highest BCUT2D eigenvalue weighted by Crippen LogP contribution is 2.28. The van der Waals surface area contributed by atoms with E-state index in [1.165, 1.54) is 12.1 Å². The molecule has 9 heteroatoms. The molecule has 0 unspecified atom stereocenters. The topological polar surface area (TPSA) is 88.2 Å². The summed E-state index contributed by atoms with van der Waals surface area (Å²) >= 11 is 1.55. The highest BCUT2D eigenvalue weighted by atomic mass is 32.2. The van der Waals surface area contributed by atoms with Gasteiger partial charge in [0.25, 0.3) is 0 Å². The largest absolute Gasteiger partial charge is 0.349 e. The Morgan fingerprint density at radius 1 is 1.06 bits per heavy atom. The summed E-state index contributed by atoms with van der Waals surface area (Å²) in [4.78, 5) is 17.3. The molecule has 1 aliphatic carbocycles. The van der Waals surface area contributed by atoms with Gasteiger partial charge in [-0.15, -0.1) is 11.3 Å². The number of nitrogens with zero attached hydrogens (tertiary/aromatic N) is 1. The fraction of sp³-hybridized carbons (Fsp3) is 0.360. The van der Waals surface area contributed by atoms with Crippen molar-refractivity contribution in [2.24, 2.45) is 5.92 Å². The molecule has 2 N–H and O–H groups in total. The highest BCUT2D eigenvalue weighted by Gasteiger charge is 2.29. The first-order valence-electron chi connectivity index (χ1n) is 11.3. The molecule has 180 valence electrons. The maximum Gasteiger partial charge on any atom is 0.240 e. The van der Waals surface area contributed by atoms with Crippen LogP contribution in [0.5, 0.6) is 0 Å². The summed E-state index contributed by atoms with van der Waals surface area (Å²) in [7, 11) is -3.65. The average molecular weight is 502 g/mol. The number of amides is 1. The van der Waals surface area contributed by atoms with Crippen molar-refractivity contribution in [1.82, 2.24) is 15.0 Å². The molecule has 1 fully saturated rings. The Balaban J connectivity index is 1.29. The molecule has 0 bridgehead atoms. The van der Waals surface area contributed by atoms with E-state index in [1.807, 2.05) is 19.2 Å². The SMILES string of the molecule is Cc1nc(-c2ccc(S(=O)(=O)NC3CCC(C(=O)N[C@H](C)c4ccc(F)cc4)CC3)cc2)cs1. The van der Waals surface area contributed by atoms with Crippen LogP contribution in [0.1, 0.15) is 49.2 Å². The van der Waals surface area contributed by atoms with Gasteiger partial charge in [-0.2, -0.15) is 0 Å². The number of halogens is 1. The van der Waals surface area contributed by atoms with Crippen molar-refractivity contribution in [3.63, 3.8) is 0 Å². The minimum atomic E-state index is -3.65. The third kappa shape index (κ3) is 5.89. The van der Waals surface area contributed by atoms with E-state index >= 15 is 0 Å². The molecule has 0 saturated heterocycles. The van der Waals surface area contributed by atoms with E-state index in [4.69, 9.17) is 0 Å². The standard InChI is InChI=1S/C25H28FN3O3S2/c1-16(18-3-9-21(26)10-4-18)27-25(30)20-5-11-22(12-6-20)29-34(31,32)23-13-7-19(8-14-23)24-15-33-17(2)28-24/h3-4,7-10,13-16,20,22,29H,5-6,11-12H2,1-2H3,(H,27,30)/t16-,20?,22?/m1/s1. The fourth-order valence-corrected chi connectivity index (χ4v) is 6.15. The molecule has 0 aliphatic heterocycles. The lowest BCUT2D eigenvalue weighted by Crippen LogP contribution is -2.41. The van der Waals surface area contributed by atoms with Crippen molar-refractivity contribution < 1.29 is 17.6 Å².